The van der Waals surface area contributed by atoms with Gasteiger partial charge in [0.05, 0.1) is 11.5 Å². The molecule has 1 aromatic rings. The molecule has 1 aliphatic carbocycles. The minimum absolute atomic E-state index is 0.0982. The summed E-state index contributed by atoms with van der Waals surface area (Å²) in [5.41, 5.74) is -0.486. The molecule has 0 amide bonds. The van der Waals surface area contributed by atoms with E-state index in [0.717, 1.165) is 30.6 Å². The molecule has 0 aliphatic heterocycles. The van der Waals surface area contributed by atoms with E-state index in [0.29, 0.717) is 5.92 Å². The Morgan fingerprint density at radius 3 is 2.71 bits per heavy atom. The van der Waals surface area contributed by atoms with Crippen LogP contribution < -0.4 is 0 Å². The molecule has 3 atom stereocenters. The van der Waals surface area contributed by atoms with E-state index < -0.39 is 11.5 Å². The fourth-order valence-corrected chi connectivity index (χ4v) is 4.53. The number of aliphatic hydroxyl groups is 1. The maximum absolute atomic E-state index is 10.9. The third-order valence-electron chi connectivity index (χ3n) is 4.85. The predicted molar refractivity (Wildman–Crippen MR) is 88.3 cm³/mol. The first-order valence-electron chi connectivity index (χ1n) is 8.02. The lowest BCUT2D eigenvalue weighted by molar-refractivity contribution is 0.0209. The number of hydrogen-bond donors (Lipinski definition) is 1. The van der Waals surface area contributed by atoms with E-state index in [4.69, 9.17) is 0 Å². The Morgan fingerprint density at radius 1 is 1.48 bits per heavy atom. The van der Waals surface area contributed by atoms with E-state index in [9.17, 15) is 10.4 Å². The molecule has 3 unspecified atom stereocenters. The second kappa shape index (κ2) is 6.10. The highest BCUT2D eigenvalue weighted by Gasteiger charge is 2.43. The number of nitrogens with zero attached hydrogens (tertiary/aromatic N) is 1. The summed E-state index contributed by atoms with van der Waals surface area (Å²) >= 11 is 1.66. The summed E-state index contributed by atoms with van der Waals surface area (Å²) in [7, 11) is 0. The minimum atomic E-state index is -0.641. The van der Waals surface area contributed by atoms with E-state index in [1.165, 1.54) is 11.3 Å². The molecular weight excluding hydrogens is 278 g/mol. The van der Waals surface area contributed by atoms with Crippen molar-refractivity contribution in [1.29, 1.82) is 5.26 Å². The van der Waals surface area contributed by atoms with Crippen LogP contribution >= 0.6 is 11.3 Å². The Balaban J connectivity index is 2.26. The molecule has 116 valence electrons. The van der Waals surface area contributed by atoms with Gasteiger partial charge in [0.25, 0.3) is 0 Å². The van der Waals surface area contributed by atoms with Crippen molar-refractivity contribution in [1.82, 2.24) is 0 Å². The quantitative estimate of drug-likeness (QED) is 0.835. The molecule has 1 N–H and O–H groups in total. The summed E-state index contributed by atoms with van der Waals surface area (Å²) in [6.07, 6.45) is 4.38. The summed E-state index contributed by atoms with van der Waals surface area (Å²) in [4.78, 5) is 2.23. The molecule has 1 fully saturated rings. The van der Waals surface area contributed by atoms with Crippen LogP contribution in [0.15, 0.2) is 12.1 Å². The fourth-order valence-electron chi connectivity index (χ4n) is 3.36. The van der Waals surface area contributed by atoms with Crippen molar-refractivity contribution in [2.75, 3.05) is 0 Å². The minimum Gasteiger partial charge on any atom is -0.386 e. The normalized spacial score (nSPS) is 28.1. The van der Waals surface area contributed by atoms with Crippen molar-refractivity contribution >= 4 is 11.3 Å². The zero-order chi connectivity index (χ0) is 15.7. The molecule has 0 spiro atoms. The first-order valence-corrected chi connectivity index (χ1v) is 8.83. The molecule has 1 saturated carbocycles. The second-order valence-corrected chi connectivity index (χ2v) is 8.61. The summed E-state index contributed by atoms with van der Waals surface area (Å²) < 4.78 is 0. The smallest absolute Gasteiger partial charge is 0.107 e. The average molecular weight is 305 g/mol. The molecule has 21 heavy (non-hydrogen) atoms. The monoisotopic (exact) mass is 305 g/mol. The first kappa shape index (κ1) is 16.5. The molecule has 1 aromatic heterocycles. The standard InChI is InChI=1S/C18H27NOS/c1-5-13-7-6-10-18(11-13,12-19)16(20)14-8-9-15(21-14)17(2,3)4/h8-9,13,16,20H,5-7,10-11H2,1-4H3. The van der Waals surface area contributed by atoms with E-state index in [1.54, 1.807) is 11.3 Å². The van der Waals surface area contributed by atoms with Gasteiger partial charge in [-0.25, -0.2) is 0 Å². The van der Waals surface area contributed by atoms with Crippen LogP contribution in [-0.4, -0.2) is 5.11 Å². The van der Waals surface area contributed by atoms with Crippen LogP contribution in [-0.2, 0) is 5.41 Å². The molecule has 2 rings (SSSR count). The van der Waals surface area contributed by atoms with Crippen LogP contribution in [0.1, 0.15) is 75.7 Å². The molecule has 2 nitrogen and oxygen atoms in total. The Labute approximate surface area is 132 Å². The highest BCUT2D eigenvalue weighted by atomic mass is 32.1. The molecule has 0 radical (unpaired) electrons. The Bertz CT molecular complexity index is 522. The molecule has 1 heterocycles. The van der Waals surface area contributed by atoms with Crippen molar-refractivity contribution in [2.24, 2.45) is 11.3 Å². The molecule has 0 aromatic carbocycles. The lowest BCUT2D eigenvalue weighted by Gasteiger charge is -2.38. The molecule has 0 bridgehead atoms. The summed E-state index contributed by atoms with van der Waals surface area (Å²) in [6, 6.07) is 6.61. The van der Waals surface area contributed by atoms with Gasteiger partial charge in [-0.2, -0.15) is 5.26 Å². The van der Waals surface area contributed by atoms with Crippen molar-refractivity contribution < 1.29 is 5.11 Å². The molecule has 0 saturated heterocycles. The van der Waals surface area contributed by atoms with Gasteiger partial charge in [-0.15, -0.1) is 11.3 Å². The van der Waals surface area contributed by atoms with E-state index in [-0.39, 0.29) is 5.41 Å². The maximum Gasteiger partial charge on any atom is 0.107 e. The van der Waals surface area contributed by atoms with E-state index in [1.807, 2.05) is 6.07 Å². The number of hydrogen-bond acceptors (Lipinski definition) is 3. The first-order chi connectivity index (χ1) is 9.82. The van der Waals surface area contributed by atoms with Crippen LogP contribution in [0.5, 0.6) is 0 Å². The number of rotatable bonds is 3. The van der Waals surface area contributed by atoms with Gasteiger partial charge < -0.3 is 5.11 Å². The van der Waals surface area contributed by atoms with E-state index in [2.05, 4.69) is 39.8 Å². The van der Waals surface area contributed by atoms with Crippen LogP contribution in [0.3, 0.4) is 0 Å². The Hall–Kier alpha value is -0.850. The van der Waals surface area contributed by atoms with Gasteiger partial charge in [-0.1, -0.05) is 47.0 Å². The van der Waals surface area contributed by atoms with Crippen LogP contribution in [0.4, 0.5) is 0 Å². The van der Waals surface area contributed by atoms with Crippen LogP contribution in [0, 0.1) is 22.7 Å². The number of thiophene rings is 1. The second-order valence-electron chi connectivity index (χ2n) is 7.49. The zero-order valence-corrected chi connectivity index (χ0v) is 14.5. The summed E-state index contributed by atoms with van der Waals surface area (Å²) in [5, 5.41) is 20.6. The highest BCUT2D eigenvalue weighted by Crippen LogP contribution is 2.50. The maximum atomic E-state index is 10.9. The SMILES string of the molecule is CCC1CCCC(C#N)(C(O)c2ccc(C(C)(C)C)s2)C1. The van der Waals surface area contributed by atoms with E-state index >= 15 is 0 Å². The van der Waals surface area contributed by atoms with Gasteiger partial charge in [0.1, 0.15) is 6.10 Å². The highest BCUT2D eigenvalue weighted by molar-refractivity contribution is 7.12. The third kappa shape index (κ3) is 3.33. The van der Waals surface area contributed by atoms with Gasteiger partial charge in [-0.05, 0) is 36.3 Å². The lowest BCUT2D eigenvalue weighted by Crippen LogP contribution is -2.33. The summed E-state index contributed by atoms with van der Waals surface area (Å²) in [6.45, 7) is 8.74. The zero-order valence-electron chi connectivity index (χ0n) is 13.6. The van der Waals surface area contributed by atoms with Crippen molar-refractivity contribution in [3.63, 3.8) is 0 Å². The van der Waals surface area contributed by atoms with Crippen LogP contribution in [0.25, 0.3) is 0 Å². The molecule has 1 aliphatic rings. The van der Waals surface area contributed by atoms with Crippen molar-refractivity contribution in [3.05, 3.63) is 21.9 Å². The van der Waals surface area contributed by atoms with Gasteiger partial charge >= 0.3 is 0 Å². The van der Waals surface area contributed by atoms with Crippen LogP contribution in [0.2, 0.25) is 0 Å². The van der Waals surface area contributed by atoms with Gasteiger partial charge in [-0.3, -0.25) is 0 Å². The lowest BCUT2D eigenvalue weighted by atomic mass is 9.66. The van der Waals surface area contributed by atoms with Crippen molar-refractivity contribution in [2.45, 2.75) is 71.3 Å². The Kier molecular flexibility index (Phi) is 4.80. The average Bonchev–Trinajstić information content (AvgIpc) is 2.96. The molecular formula is C18H27NOS. The summed E-state index contributed by atoms with van der Waals surface area (Å²) in [5.74, 6) is 0.579. The number of aliphatic hydroxyl groups excluding tert-OH is 1. The van der Waals surface area contributed by atoms with Gasteiger partial charge in [0.2, 0.25) is 0 Å². The van der Waals surface area contributed by atoms with Gasteiger partial charge in [0.15, 0.2) is 0 Å². The number of nitriles is 1. The molecule has 3 heteroatoms. The predicted octanol–water partition coefficient (Wildman–Crippen LogP) is 5.19. The third-order valence-corrected chi connectivity index (χ3v) is 6.41. The fraction of sp³-hybridized carbons (Fsp3) is 0.722. The largest absolute Gasteiger partial charge is 0.386 e. The van der Waals surface area contributed by atoms with Gasteiger partial charge in [0, 0.05) is 9.75 Å². The van der Waals surface area contributed by atoms with Crippen molar-refractivity contribution in [3.8, 4) is 6.07 Å². The topological polar surface area (TPSA) is 44.0 Å². The Morgan fingerprint density at radius 2 is 2.19 bits per heavy atom.